The van der Waals surface area contributed by atoms with Gasteiger partial charge in [-0.3, -0.25) is 4.79 Å². The Morgan fingerprint density at radius 1 is 1.23 bits per heavy atom. The summed E-state index contributed by atoms with van der Waals surface area (Å²) < 4.78 is 19.1. The fraction of sp³-hybridized carbons (Fsp3) is 0.263. The number of nitrogens with one attached hydrogen (secondary N) is 2. The molecule has 1 fully saturated rings. The van der Waals surface area contributed by atoms with Gasteiger partial charge < -0.3 is 15.2 Å². The Hall–Kier alpha value is -2.60. The number of hydrogen-bond donors (Lipinski definition) is 2. The molecule has 0 bridgehead atoms. The topological polar surface area (TPSA) is 67.2 Å². The number of fused-ring (bicyclic) bond motifs is 3. The maximum atomic E-state index is 13.7. The Balaban J connectivity index is 1.61. The standard InChI is InChI=1S/C19H15ClFN3O2/c20-14-7-4-9(21)8-13(14)16-11-5-6-12-17(15(11)18(25)23-16)24-26-19(12)22-10-2-1-3-10/h4-8,10,16,22H,1-3H2,(H,23,25). The molecule has 26 heavy (non-hydrogen) atoms. The van der Waals surface area contributed by atoms with Gasteiger partial charge in [0.1, 0.15) is 11.3 Å². The lowest BCUT2D eigenvalue weighted by molar-refractivity contribution is 0.0961. The van der Waals surface area contributed by atoms with Crippen LogP contribution >= 0.6 is 11.6 Å². The number of rotatable bonds is 3. The lowest BCUT2D eigenvalue weighted by Crippen LogP contribution is -2.26. The summed E-state index contributed by atoms with van der Waals surface area (Å²) in [5.41, 5.74) is 2.21. The molecule has 1 atom stereocenters. The van der Waals surface area contributed by atoms with Crippen molar-refractivity contribution in [1.82, 2.24) is 10.5 Å². The second kappa shape index (κ2) is 5.71. The number of halogens is 2. The third kappa shape index (κ3) is 2.29. The molecule has 3 aromatic rings. The van der Waals surface area contributed by atoms with E-state index in [0.29, 0.717) is 33.6 Å². The number of carbonyl (C=O) groups is 1. The van der Waals surface area contributed by atoms with E-state index in [2.05, 4.69) is 15.8 Å². The molecular formula is C19H15ClFN3O2. The minimum atomic E-state index is -0.509. The summed E-state index contributed by atoms with van der Waals surface area (Å²) in [5, 5.41) is 11.5. The molecule has 0 radical (unpaired) electrons. The van der Waals surface area contributed by atoms with Crippen molar-refractivity contribution in [1.29, 1.82) is 0 Å². The molecule has 5 nitrogen and oxygen atoms in total. The number of carbonyl (C=O) groups excluding carboxylic acids is 1. The van der Waals surface area contributed by atoms with Crippen molar-refractivity contribution in [3.63, 3.8) is 0 Å². The maximum Gasteiger partial charge on any atom is 0.254 e. The number of amides is 1. The first-order chi connectivity index (χ1) is 12.6. The van der Waals surface area contributed by atoms with Gasteiger partial charge in [0.25, 0.3) is 5.91 Å². The molecule has 1 aliphatic carbocycles. The average molecular weight is 372 g/mol. The zero-order chi connectivity index (χ0) is 17.8. The van der Waals surface area contributed by atoms with Crippen LogP contribution in [0.1, 0.15) is 46.8 Å². The minimum Gasteiger partial charge on any atom is -0.351 e. The van der Waals surface area contributed by atoms with Crippen molar-refractivity contribution in [3.8, 4) is 0 Å². The van der Waals surface area contributed by atoms with Crippen LogP contribution in [-0.2, 0) is 0 Å². The fourth-order valence-electron chi connectivity index (χ4n) is 3.61. The van der Waals surface area contributed by atoms with Crippen molar-refractivity contribution in [2.45, 2.75) is 31.3 Å². The van der Waals surface area contributed by atoms with Gasteiger partial charge in [-0.2, -0.15) is 0 Å². The number of anilines is 1. The Labute approximate surface area is 153 Å². The first-order valence-electron chi connectivity index (χ1n) is 8.56. The van der Waals surface area contributed by atoms with Gasteiger partial charge in [-0.05, 0) is 49.1 Å². The van der Waals surface area contributed by atoms with E-state index >= 15 is 0 Å². The van der Waals surface area contributed by atoms with Gasteiger partial charge in [0.2, 0.25) is 5.88 Å². The van der Waals surface area contributed by atoms with Crippen LogP contribution in [-0.4, -0.2) is 17.1 Å². The van der Waals surface area contributed by atoms with Crippen molar-refractivity contribution in [2.24, 2.45) is 0 Å². The predicted octanol–water partition coefficient (Wildman–Crippen LogP) is 4.42. The molecule has 2 aliphatic rings. The molecule has 132 valence electrons. The third-order valence-corrected chi connectivity index (χ3v) is 5.55. The summed E-state index contributed by atoms with van der Waals surface area (Å²) in [6.45, 7) is 0. The molecule has 0 saturated heterocycles. The zero-order valence-electron chi connectivity index (χ0n) is 13.7. The normalized spacial score (nSPS) is 19.3. The van der Waals surface area contributed by atoms with Gasteiger partial charge in [0.15, 0.2) is 0 Å². The molecule has 2 N–H and O–H groups in total. The highest BCUT2D eigenvalue weighted by molar-refractivity contribution is 6.31. The van der Waals surface area contributed by atoms with E-state index in [-0.39, 0.29) is 5.91 Å². The van der Waals surface area contributed by atoms with Crippen LogP contribution in [0.15, 0.2) is 34.9 Å². The fourth-order valence-corrected chi connectivity index (χ4v) is 3.84. The van der Waals surface area contributed by atoms with Crippen LogP contribution in [0.25, 0.3) is 10.9 Å². The maximum absolute atomic E-state index is 13.7. The highest BCUT2D eigenvalue weighted by Gasteiger charge is 2.35. The van der Waals surface area contributed by atoms with E-state index < -0.39 is 11.9 Å². The summed E-state index contributed by atoms with van der Waals surface area (Å²) in [5.74, 6) is -0.0754. The second-order valence-electron chi connectivity index (χ2n) is 6.78. The highest BCUT2D eigenvalue weighted by Crippen LogP contribution is 2.39. The van der Waals surface area contributed by atoms with E-state index in [0.717, 1.165) is 23.8 Å². The van der Waals surface area contributed by atoms with Gasteiger partial charge in [0.05, 0.1) is 17.0 Å². The zero-order valence-corrected chi connectivity index (χ0v) is 14.4. The Morgan fingerprint density at radius 3 is 2.85 bits per heavy atom. The lowest BCUT2D eigenvalue weighted by atomic mass is 9.93. The van der Waals surface area contributed by atoms with Crippen LogP contribution in [0.5, 0.6) is 0 Å². The SMILES string of the molecule is O=C1NC(c2cc(F)ccc2Cl)c2ccc3c(NC4CCC4)onc3c21. The third-order valence-electron chi connectivity index (χ3n) is 5.21. The Morgan fingerprint density at radius 2 is 2.08 bits per heavy atom. The molecule has 0 spiro atoms. The second-order valence-corrected chi connectivity index (χ2v) is 7.19. The molecule has 2 heterocycles. The van der Waals surface area contributed by atoms with Gasteiger partial charge in [-0.15, -0.1) is 0 Å². The van der Waals surface area contributed by atoms with Crippen molar-refractivity contribution in [3.05, 3.63) is 57.9 Å². The van der Waals surface area contributed by atoms with Crippen molar-refractivity contribution >= 4 is 34.3 Å². The van der Waals surface area contributed by atoms with Gasteiger partial charge in [0, 0.05) is 16.6 Å². The van der Waals surface area contributed by atoms with Crippen molar-refractivity contribution in [2.75, 3.05) is 5.32 Å². The number of aromatic nitrogens is 1. The summed E-state index contributed by atoms with van der Waals surface area (Å²) in [6, 6.07) is 7.75. The minimum absolute atomic E-state index is 0.264. The number of hydrogen-bond acceptors (Lipinski definition) is 4. The highest BCUT2D eigenvalue weighted by atomic mass is 35.5. The largest absolute Gasteiger partial charge is 0.351 e. The van der Waals surface area contributed by atoms with E-state index in [1.165, 1.54) is 24.6 Å². The van der Waals surface area contributed by atoms with Gasteiger partial charge in [-0.1, -0.05) is 22.8 Å². The molecule has 7 heteroatoms. The summed E-state index contributed by atoms with van der Waals surface area (Å²) in [6.07, 6.45) is 3.42. The molecular weight excluding hydrogens is 357 g/mol. The number of benzene rings is 2. The first kappa shape index (κ1) is 15.6. The quantitative estimate of drug-likeness (QED) is 0.715. The van der Waals surface area contributed by atoms with E-state index in [1.54, 1.807) is 0 Å². The average Bonchev–Trinajstić information content (AvgIpc) is 3.14. The smallest absolute Gasteiger partial charge is 0.254 e. The monoisotopic (exact) mass is 371 g/mol. The van der Waals surface area contributed by atoms with Crippen molar-refractivity contribution < 1.29 is 13.7 Å². The molecule has 1 unspecified atom stereocenters. The van der Waals surface area contributed by atoms with Gasteiger partial charge >= 0.3 is 0 Å². The van der Waals surface area contributed by atoms with Crippen LogP contribution in [0.3, 0.4) is 0 Å². The van der Waals surface area contributed by atoms with Crippen LogP contribution in [0.4, 0.5) is 10.3 Å². The van der Waals surface area contributed by atoms with E-state index in [4.69, 9.17) is 16.1 Å². The number of nitrogens with zero attached hydrogens (tertiary/aromatic N) is 1. The van der Waals surface area contributed by atoms with Crippen LogP contribution in [0.2, 0.25) is 5.02 Å². The molecule has 1 saturated carbocycles. The predicted molar refractivity (Wildman–Crippen MR) is 96.0 cm³/mol. The summed E-state index contributed by atoms with van der Waals surface area (Å²) in [4.78, 5) is 12.6. The van der Waals surface area contributed by atoms with Crippen LogP contribution in [0, 0.1) is 5.82 Å². The Kier molecular flexibility index (Phi) is 3.43. The van der Waals surface area contributed by atoms with Crippen LogP contribution < -0.4 is 10.6 Å². The Bertz CT molecular complexity index is 1040. The van der Waals surface area contributed by atoms with Gasteiger partial charge in [-0.25, -0.2) is 4.39 Å². The summed E-state index contributed by atoms with van der Waals surface area (Å²) >= 11 is 6.23. The molecule has 1 aliphatic heterocycles. The first-order valence-corrected chi connectivity index (χ1v) is 8.94. The molecule has 5 rings (SSSR count). The van der Waals surface area contributed by atoms with E-state index in [1.807, 2.05) is 12.1 Å². The molecule has 2 aromatic carbocycles. The lowest BCUT2D eigenvalue weighted by Gasteiger charge is -2.25. The molecule has 1 amide bonds. The molecule has 1 aromatic heterocycles. The van der Waals surface area contributed by atoms with E-state index in [9.17, 15) is 9.18 Å². The summed E-state index contributed by atoms with van der Waals surface area (Å²) in [7, 11) is 0.